The van der Waals surface area contributed by atoms with Gasteiger partial charge < -0.3 is 9.94 Å². The normalized spacial score (nSPS) is 22.7. The van der Waals surface area contributed by atoms with Gasteiger partial charge in [-0.2, -0.15) is 0 Å². The van der Waals surface area contributed by atoms with Crippen LogP contribution in [0.5, 0.6) is 0 Å². The molecule has 0 fully saturated rings. The molecule has 3 heteroatoms. The van der Waals surface area contributed by atoms with Crippen LogP contribution in [0.3, 0.4) is 0 Å². The summed E-state index contributed by atoms with van der Waals surface area (Å²) >= 11 is 0. The van der Waals surface area contributed by atoms with Gasteiger partial charge in [-0.3, -0.25) is 0 Å². The second-order valence-corrected chi connectivity index (χ2v) is 3.49. The van der Waals surface area contributed by atoms with Crippen molar-refractivity contribution in [3.63, 3.8) is 0 Å². The van der Waals surface area contributed by atoms with Gasteiger partial charge in [0.25, 0.3) is 0 Å². The molecule has 0 spiro atoms. The van der Waals surface area contributed by atoms with E-state index in [1.54, 1.807) is 6.92 Å². The van der Waals surface area contributed by atoms with Gasteiger partial charge in [0.1, 0.15) is 6.61 Å². The number of oxime groups is 1. The molecule has 1 N–H and O–H groups in total. The largest absolute Gasteiger partial charge is 0.395 e. The SMILES string of the molecule is CC(O)C1CON=C1c1ccccc1. The zero-order chi connectivity index (χ0) is 9.97. The van der Waals surface area contributed by atoms with Crippen molar-refractivity contribution in [3.8, 4) is 0 Å². The van der Waals surface area contributed by atoms with Gasteiger partial charge in [0.15, 0.2) is 0 Å². The van der Waals surface area contributed by atoms with Gasteiger partial charge in [-0.1, -0.05) is 35.5 Å². The molecular formula is C11H13NO2. The van der Waals surface area contributed by atoms with Crippen LogP contribution in [0.2, 0.25) is 0 Å². The Morgan fingerprint density at radius 3 is 2.79 bits per heavy atom. The molecule has 0 amide bonds. The predicted octanol–water partition coefficient (Wildman–Crippen LogP) is 1.42. The predicted molar refractivity (Wildman–Crippen MR) is 54.1 cm³/mol. The molecule has 2 rings (SSSR count). The molecule has 1 aromatic rings. The maximum Gasteiger partial charge on any atom is 0.128 e. The van der Waals surface area contributed by atoms with E-state index in [4.69, 9.17) is 4.84 Å². The maximum absolute atomic E-state index is 9.52. The fourth-order valence-corrected chi connectivity index (χ4v) is 1.58. The second-order valence-electron chi connectivity index (χ2n) is 3.49. The van der Waals surface area contributed by atoms with E-state index in [0.717, 1.165) is 11.3 Å². The molecule has 0 bridgehead atoms. The van der Waals surface area contributed by atoms with Crippen LogP contribution in [0.15, 0.2) is 35.5 Å². The van der Waals surface area contributed by atoms with Gasteiger partial charge in [0.05, 0.1) is 17.7 Å². The maximum atomic E-state index is 9.52. The summed E-state index contributed by atoms with van der Waals surface area (Å²) in [5.41, 5.74) is 1.87. The first-order valence-electron chi connectivity index (χ1n) is 4.72. The van der Waals surface area contributed by atoms with Crippen LogP contribution in [-0.4, -0.2) is 23.5 Å². The van der Waals surface area contributed by atoms with E-state index in [1.807, 2.05) is 30.3 Å². The van der Waals surface area contributed by atoms with Crippen molar-refractivity contribution in [2.24, 2.45) is 11.1 Å². The summed E-state index contributed by atoms with van der Waals surface area (Å²) in [5.74, 6) is -0.00241. The molecule has 1 heterocycles. The molecule has 1 aliphatic rings. The van der Waals surface area contributed by atoms with E-state index in [0.29, 0.717) is 6.61 Å². The van der Waals surface area contributed by atoms with Crippen molar-refractivity contribution >= 4 is 5.71 Å². The smallest absolute Gasteiger partial charge is 0.128 e. The van der Waals surface area contributed by atoms with Crippen molar-refractivity contribution in [3.05, 3.63) is 35.9 Å². The molecule has 1 aromatic carbocycles. The Bertz CT molecular complexity index is 332. The third-order valence-electron chi connectivity index (χ3n) is 2.42. The van der Waals surface area contributed by atoms with Crippen LogP contribution in [0.25, 0.3) is 0 Å². The van der Waals surface area contributed by atoms with Gasteiger partial charge >= 0.3 is 0 Å². The highest BCUT2D eigenvalue weighted by molar-refractivity contribution is 6.02. The number of aliphatic hydroxyl groups excluding tert-OH is 1. The number of benzene rings is 1. The minimum Gasteiger partial charge on any atom is -0.395 e. The van der Waals surface area contributed by atoms with Crippen LogP contribution >= 0.6 is 0 Å². The molecule has 0 radical (unpaired) electrons. The summed E-state index contributed by atoms with van der Waals surface area (Å²) in [7, 11) is 0. The lowest BCUT2D eigenvalue weighted by Gasteiger charge is -2.12. The fourth-order valence-electron chi connectivity index (χ4n) is 1.58. The standard InChI is InChI=1S/C11H13NO2/c1-8(13)10-7-14-12-11(10)9-5-3-2-4-6-9/h2-6,8,10,13H,7H2,1H3. The van der Waals surface area contributed by atoms with Crippen molar-refractivity contribution in [1.82, 2.24) is 0 Å². The molecule has 2 atom stereocenters. The van der Waals surface area contributed by atoms with E-state index < -0.39 is 6.10 Å². The third kappa shape index (κ3) is 1.63. The van der Waals surface area contributed by atoms with Crippen molar-refractivity contribution in [2.45, 2.75) is 13.0 Å². The molecule has 0 saturated carbocycles. The van der Waals surface area contributed by atoms with Crippen LogP contribution in [0, 0.1) is 5.92 Å². The first kappa shape index (κ1) is 9.21. The van der Waals surface area contributed by atoms with Crippen LogP contribution in [0.1, 0.15) is 12.5 Å². The van der Waals surface area contributed by atoms with Crippen molar-refractivity contribution in [2.75, 3.05) is 6.61 Å². The Balaban J connectivity index is 2.26. The highest BCUT2D eigenvalue weighted by Gasteiger charge is 2.28. The topological polar surface area (TPSA) is 41.8 Å². The van der Waals surface area contributed by atoms with E-state index in [9.17, 15) is 5.11 Å². The summed E-state index contributed by atoms with van der Waals surface area (Å²) in [6.07, 6.45) is -0.420. The molecular weight excluding hydrogens is 178 g/mol. The summed E-state index contributed by atoms with van der Waals surface area (Å²) < 4.78 is 0. The van der Waals surface area contributed by atoms with Crippen LogP contribution in [-0.2, 0) is 4.84 Å². The van der Waals surface area contributed by atoms with Gasteiger partial charge in [0.2, 0.25) is 0 Å². The van der Waals surface area contributed by atoms with Gasteiger partial charge in [-0.05, 0) is 12.5 Å². The average molecular weight is 191 g/mol. The van der Waals surface area contributed by atoms with Gasteiger partial charge in [-0.25, -0.2) is 0 Å². The lowest BCUT2D eigenvalue weighted by Crippen LogP contribution is -2.26. The molecule has 74 valence electrons. The Labute approximate surface area is 83.0 Å². The summed E-state index contributed by atoms with van der Waals surface area (Å²) in [5, 5.41) is 13.5. The first-order chi connectivity index (χ1) is 6.79. The van der Waals surface area contributed by atoms with Crippen LogP contribution < -0.4 is 0 Å². The number of aliphatic hydroxyl groups is 1. The Hall–Kier alpha value is -1.35. The Morgan fingerprint density at radius 1 is 1.43 bits per heavy atom. The zero-order valence-corrected chi connectivity index (χ0v) is 8.05. The Kier molecular flexibility index (Phi) is 2.50. The third-order valence-corrected chi connectivity index (χ3v) is 2.42. The molecule has 3 nitrogen and oxygen atoms in total. The monoisotopic (exact) mass is 191 g/mol. The van der Waals surface area contributed by atoms with Crippen LogP contribution in [0.4, 0.5) is 0 Å². The van der Waals surface area contributed by atoms with Crippen molar-refractivity contribution in [1.29, 1.82) is 0 Å². The lowest BCUT2D eigenvalue weighted by atomic mass is 9.94. The number of nitrogens with zero attached hydrogens (tertiary/aromatic N) is 1. The quantitative estimate of drug-likeness (QED) is 0.768. The van der Waals surface area contributed by atoms with Crippen molar-refractivity contribution < 1.29 is 9.94 Å². The fraction of sp³-hybridized carbons (Fsp3) is 0.364. The van der Waals surface area contributed by atoms with Gasteiger partial charge in [0, 0.05) is 0 Å². The molecule has 2 unspecified atom stereocenters. The molecule has 14 heavy (non-hydrogen) atoms. The number of hydrogen-bond acceptors (Lipinski definition) is 3. The molecule has 0 aliphatic carbocycles. The van der Waals surface area contributed by atoms with E-state index in [1.165, 1.54) is 0 Å². The number of hydrogen-bond donors (Lipinski definition) is 1. The zero-order valence-electron chi connectivity index (χ0n) is 8.05. The van der Waals surface area contributed by atoms with E-state index >= 15 is 0 Å². The lowest BCUT2D eigenvalue weighted by molar-refractivity contribution is 0.0940. The van der Waals surface area contributed by atoms with Gasteiger partial charge in [-0.15, -0.1) is 0 Å². The summed E-state index contributed by atoms with van der Waals surface area (Å²) in [4.78, 5) is 5.01. The van der Waals surface area contributed by atoms with E-state index in [2.05, 4.69) is 5.16 Å². The minimum absolute atomic E-state index is 0.00241. The second kappa shape index (κ2) is 3.80. The molecule has 0 aromatic heterocycles. The number of rotatable bonds is 2. The first-order valence-corrected chi connectivity index (χ1v) is 4.72. The summed E-state index contributed by atoms with van der Waals surface area (Å²) in [6.45, 7) is 2.24. The average Bonchev–Trinajstić information content (AvgIpc) is 2.67. The molecule has 1 aliphatic heterocycles. The van der Waals surface area contributed by atoms with E-state index in [-0.39, 0.29) is 5.92 Å². The summed E-state index contributed by atoms with van der Waals surface area (Å²) in [6, 6.07) is 9.81. The Morgan fingerprint density at radius 2 is 2.14 bits per heavy atom. The highest BCUT2D eigenvalue weighted by atomic mass is 16.6. The highest BCUT2D eigenvalue weighted by Crippen LogP contribution is 2.19. The minimum atomic E-state index is -0.420. The molecule has 0 saturated heterocycles.